The predicted molar refractivity (Wildman–Crippen MR) is 246 cm³/mol. The Morgan fingerprint density at radius 1 is 0.328 bits per heavy atom. The molecule has 0 spiro atoms. The molecule has 272 valence electrons. The van der Waals surface area contributed by atoms with Crippen molar-refractivity contribution in [1.82, 2.24) is 9.13 Å². The van der Waals surface area contributed by atoms with Crippen molar-refractivity contribution >= 4 is 94.4 Å². The minimum atomic E-state index is -2.86. The van der Waals surface area contributed by atoms with Gasteiger partial charge in [0.05, 0.1) is 33.1 Å². The smallest absolute Gasteiger partial charge is 0.180 e. The van der Waals surface area contributed by atoms with Crippen LogP contribution in [0.15, 0.2) is 223 Å². The Morgan fingerprint density at radius 3 is 1.53 bits per heavy atom. The molecule has 3 heterocycles. The third-order valence-corrected chi connectivity index (χ3v) is 17.1. The summed E-state index contributed by atoms with van der Waals surface area (Å²) in [5.41, 5.74) is 8.72. The lowest BCUT2D eigenvalue weighted by Gasteiger charge is -2.35. The highest BCUT2D eigenvalue weighted by molar-refractivity contribution is 7.20. The molecule has 0 aliphatic rings. The molecule has 0 amide bonds. The first-order valence-corrected chi connectivity index (χ1v) is 21.9. The monoisotopic (exact) mass is 756 g/mol. The first kappa shape index (κ1) is 32.8. The molecule has 0 bridgehead atoms. The molecular weight excluding hydrogens is 721 g/mol. The normalized spacial score (nSPS) is 12.1. The first-order chi connectivity index (χ1) is 28.8. The summed E-state index contributed by atoms with van der Waals surface area (Å²) in [5, 5.41) is 12.7. The van der Waals surface area contributed by atoms with Crippen LogP contribution in [-0.4, -0.2) is 17.2 Å². The molecule has 0 atom stereocenters. The second-order valence-corrected chi connectivity index (χ2v) is 19.0. The number of furan rings is 1. The van der Waals surface area contributed by atoms with Crippen molar-refractivity contribution in [3.63, 3.8) is 0 Å². The van der Waals surface area contributed by atoms with Crippen molar-refractivity contribution in [1.29, 1.82) is 0 Å². The molecule has 12 rings (SSSR count). The number of fused-ring (bicyclic) bond motifs is 9. The predicted octanol–water partition coefficient (Wildman–Crippen LogP) is 11.2. The summed E-state index contributed by atoms with van der Waals surface area (Å²) in [5.74, 6) is 0. The molecule has 0 fully saturated rings. The van der Waals surface area contributed by atoms with Gasteiger partial charge in [-0.05, 0) is 69.3 Å². The lowest BCUT2D eigenvalue weighted by Crippen LogP contribution is -2.74. The molecule has 0 saturated heterocycles. The molecule has 0 aliphatic heterocycles. The summed E-state index contributed by atoms with van der Waals surface area (Å²) in [6, 6.07) is 80.3. The quantitative estimate of drug-likeness (QED) is 0.122. The van der Waals surface area contributed by atoms with Gasteiger partial charge < -0.3 is 13.6 Å². The third-order valence-electron chi connectivity index (χ3n) is 12.3. The fourth-order valence-corrected chi connectivity index (χ4v) is 14.9. The summed E-state index contributed by atoms with van der Waals surface area (Å²) in [4.78, 5) is 0. The lowest BCUT2D eigenvalue weighted by molar-refractivity contribution is 0.669. The topological polar surface area (TPSA) is 23.0 Å². The van der Waals surface area contributed by atoms with Gasteiger partial charge in [0.15, 0.2) is 8.07 Å². The summed E-state index contributed by atoms with van der Waals surface area (Å²) < 4.78 is 11.3. The van der Waals surface area contributed by atoms with Crippen LogP contribution in [0, 0.1) is 0 Å². The standard InChI is InChI=1S/C54H36N2OSi/c1-4-18-38(19-5-1)58(39-20-6-2-7-21-39,40-22-8-3-9-23-40)52-33-17-30-48-54(52)43-25-11-14-28-46(43)55(48)37-34-35-42-41-24-10-13-27-45(41)56(49(42)36-37)47-29-16-32-51-53(47)44-26-12-15-31-50(44)57-51/h1-36H. The Labute approximate surface area is 336 Å². The van der Waals surface area contributed by atoms with Crippen LogP contribution in [-0.2, 0) is 0 Å². The van der Waals surface area contributed by atoms with E-state index in [9.17, 15) is 0 Å². The maximum atomic E-state index is 6.41. The van der Waals surface area contributed by atoms with Gasteiger partial charge in [-0.25, -0.2) is 0 Å². The molecule has 0 N–H and O–H groups in total. The second-order valence-electron chi connectivity index (χ2n) is 15.2. The first-order valence-electron chi connectivity index (χ1n) is 19.9. The Hall–Kier alpha value is -7.40. The Bertz CT molecular complexity index is 3410. The minimum Gasteiger partial charge on any atom is -0.456 e. The number of aromatic nitrogens is 2. The van der Waals surface area contributed by atoms with E-state index in [4.69, 9.17) is 4.42 Å². The van der Waals surface area contributed by atoms with Crippen LogP contribution in [0.2, 0.25) is 0 Å². The fraction of sp³-hybridized carbons (Fsp3) is 0. The highest BCUT2D eigenvalue weighted by Crippen LogP contribution is 2.40. The van der Waals surface area contributed by atoms with E-state index in [0.29, 0.717) is 0 Å². The van der Waals surface area contributed by atoms with Crippen LogP contribution < -0.4 is 20.7 Å². The van der Waals surface area contributed by atoms with Crippen LogP contribution >= 0.6 is 0 Å². The van der Waals surface area contributed by atoms with E-state index in [0.717, 1.165) is 38.8 Å². The van der Waals surface area contributed by atoms with Crippen LogP contribution in [0.5, 0.6) is 0 Å². The second kappa shape index (κ2) is 12.8. The fourth-order valence-electron chi connectivity index (χ4n) is 9.94. The van der Waals surface area contributed by atoms with Crippen molar-refractivity contribution in [3.05, 3.63) is 218 Å². The van der Waals surface area contributed by atoms with Crippen molar-refractivity contribution in [2.75, 3.05) is 0 Å². The number of rotatable bonds is 6. The zero-order chi connectivity index (χ0) is 38.2. The van der Waals surface area contributed by atoms with E-state index in [1.807, 2.05) is 6.07 Å². The van der Waals surface area contributed by atoms with E-state index < -0.39 is 8.07 Å². The van der Waals surface area contributed by atoms with Gasteiger partial charge in [0.2, 0.25) is 0 Å². The number of hydrogen-bond acceptors (Lipinski definition) is 1. The van der Waals surface area contributed by atoms with Gasteiger partial charge in [-0.3, -0.25) is 0 Å². The molecule has 0 unspecified atom stereocenters. The Balaban J connectivity index is 1.19. The van der Waals surface area contributed by atoms with Gasteiger partial charge >= 0.3 is 0 Å². The largest absolute Gasteiger partial charge is 0.456 e. The van der Waals surface area contributed by atoms with Crippen molar-refractivity contribution in [2.45, 2.75) is 0 Å². The van der Waals surface area contributed by atoms with Crippen LogP contribution in [0.3, 0.4) is 0 Å². The lowest BCUT2D eigenvalue weighted by atomic mass is 10.1. The van der Waals surface area contributed by atoms with Crippen LogP contribution in [0.1, 0.15) is 0 Å². The molecule has 0 radical (unpaired) electrons. The van der Waals surface area contributed by atoms with Gasteiger partial charge in [0, 0.05) is 32.6 Å². The van der Waals surface area contributed by atoms with E-state index in [-0.39, 0.29) is 0 Å². The zero-order valence-electron chi connectivity index (χ0n) is 31.6. The van der Waals surface area contributed by atoms with Crippen molar-refractivity contribution in [3.8, 4) is 11.4 Å². The molecule has 58 heavy (non-hydrogen) atoms. The summed E-state index contributed by atoms with van der Waals surface area (Å²) in [7, 11) is -2.86. The molecule has 0 saturated carbocycles. The Kier molecular flexibility index (Phi) is 7.25. The third kappa shape index (κ3) is 4.61. The highest BCUT2D eigenvalue weighted by atomic mass is 28.3. The number of nitrogens with zero attached hydrogens (tertiary/aromatic N) is 2. The van der Waals surface area contributed by atoms with Gasteiger partial charge in [0.25, 0.3) is 0 Å². The molecule has 0 aliphatic carbocycles. The molecule has 9 aromatic carbocycles. The van der Waals surface area contributed by atoms with Gasteiger partial charge in [-0.15, -0.1) is 0 Å². The SMILES string of the molecule is c1ccc([Si](c2ccccc2)(c2ccccc2)c2cccc3c2c2ccccc2n3-c2ccc3c4ccccc4n(-c4cccc5oc6ccccc6c45)c3c2)cc1. The van der Waals surface area contributed by atoms with Crippen molar-refractivity contribution in [2.24, 2.45) is 0 Å². The molecular formula is C54H36N2OSi. The average molecular weight is 757 g/mol. The average Bonchev–Trinajstić information content (AvgIpc) is 3.96. The van der Waals surface area contributed by atoms with Crippen LogP contribution in [0.25, 0.3) is 76.9 Å². The summed E-state index contributed by atoms with van der Waals surface area (Å²) in [6.45, 7) is 0. The molecule has 3 nitrogen and oxygen atoms in total. The number of benzene rings is 9. The van der Waals surface area contributed by atoms with Crippen molar-refractivity contribution < 1.29 is 4.42 Å². The maximum absolute atomic E-state index is 6.41. The Morgan fingerprint density at radius 2 is 0.845 bits per heavy atom. The maximum Gasteiger partial charge on any atom is 0.180 e. The van der Waals surface area contributed by atoms with Gasteiger partial charge in [-0.1, -0.05) is 170 Å². The molecule has 4 heteroatoms. The van der Waals surface area contributed by atoms with E-state index in [2.05, 4.69) is 221 Å². The number of para-hydroxylation sites is 3. The molecule has 3 aromatic heterocycles. The minimum absolute atomic E-state index is 0.888. The van der Waals surface area contributed by atoms with Crippen LogP contribution in [0.4, 0.5) is 0 Å². The van der Waals surface area contributed by atoms with Gasteiger partial charge in [0.1, 0.15) is 11.2 Å². The number of hydrogen-bond donors (Lipinski definition) is 0. The highest BCUT2D eigenvalue weighted by Gasteiger charge is 2.43. The summed E-state index contributed by atoms with van der Waals surface area (Å²) >= 11 is 0. The zero-order valence-corrected chi connectivity index (χ0v) is 32.6. The van der Waals surface area contributed by atoms with E-state index in [1.165, 1.54) is 58.8 Å². The van der Waals surface area contributed by atoms with E-state index in [1.54, 1.807) is 0 Å². The van der Waals surface area contributed by atoms with Gasteiger partial charge in [-0.2, -0.15) is 0 Å². The summed E-state index contributed by atoms with van der Waals surface area (Å²) in [6.07, 6.45) is 0. The molecule has 12 aromatic rings. The van der Waals surface area contributed by atoms with E-state index >= 15 is 0 Å².